The van der Waals surface area contributed by atoms with Crippen LogP contribution in [0.15, 0.2) is 36.5 Å². The molecule has 0 spiro atoms. The number of amides is 1. The van der Waals surface area contributed by atoms with Crippen LogP contribution in [-0.2, 0) is 0 Å². The molecule has 0 fully saturated rings. The minimum absolute atomic E-state index is 0.183. The first-order chi connectivity index (χ1) is 8.56. The number of benzene rings is 1. The number of pyridine rings is 1. The van der Waals surface area contributed by atoms with Gasteiger partial charge in [0.15, 0.2) is 0 Å². The van der Waals surface area contributed by atoms with Crippen molar-refractivity contribution in [2.45, 2.75) is 0 Å². The Balaban J connectivity index is 2.16. The monoisotopic (exact) mass is 392 g/mol. The molecule has 3 nitrogen and oxygen atoms in total. The van der Waals surface area contributed by atoms with Crippen molar-refractivity contribution >= 4 is 57.4 Å². The van der Waals surface area contributed by atoms with Gasteiger partial charge in [0.25, 0.3) is 5.91 Å². The highest BCUT2D eigenvalue weighted by molar-refractivity contribution is 14.1. The van der Waals surface area contributed by atoms with Crippen molar-refractivity contribution < 1.29 is 4.79 Å². The van der Waals surface area contributed by atoms with Gasteiger partial charge < -0.3 is 5.32 Å². The van der Waals surface area contributed by atoms with Crippen LogP contribution in [0.2, 0.25) is 10.2 Å². The summed E-state index contributed by atoms with van der Waals surface area (Å²) in [6.45, 7) is 0. The van der Waals surface area contributed by atoms with Gasteiger partial charge in [0.05, 0.1) is 10.6 Å². The van der Waals surface area contributed by atoms with E-state index in [2.05, 4.69) is 32.9 Å². The second kappa shape index (κ2) is 5.86. The molecule has 6 heteroatoms. The van der Waals surface area contributed by atoms with Gasteiger partial charge >= 0.3 is 0 Å². The second-order valence-corrected chi connectivity index (χ2v) is 5.47. The third-order valence-corrected chi connectivity index (χ3v) is 3.57. The van der Waals surface area contributed by atoms with Crippen LogP contribution in [0.5, 0.6) is 0 Å². The largest absolute Gasteiger partial charge is 0.322 e. The number of nitrogens with one attached hydrogen (secondary N) is 1. The molecule has 0 bridgehead atoms. The van der Waals surface area contributed by atoms with E-state index in [1.54, 1.807) is 0 Å². The Labute approximate surface area is 128 Å². The fraction of sp³-hybridized carbons (Fsp3) is 0. The Kier molecular flexibility index (Phi) is 4.42. The van der Waals surface area contributed by atoms with Crippen molar-refractivity contribution in [1.29, 1.82) is 0 Å². The molecular weight excluding hydrogens is 386 g/mol. The summed E-state index contributed by atoms with van der Waals surface area (Å²) in [5, 5.41) is 3.19. The summed E-state index contributed by atoms with van der Waals surface area (Å²) in [7, 11) is 0. The molecule has 0 radical (unpaired) electrons. The third-order valence-electron chi connectivity index (χ3n) is 2.16. The quantitative estimate of drug-likeness (QED) is 0.613. The molecule has 18 heavy (non-hydrogen) atoms. The number of halogens is 3. The fourth-order valence-corrected chi connectivity index (χ4v) is 1.91. The highest BCUT2D eigenvalue weighted by atomic mass is 127. The first-order valence-corrected chi connectivity index (χ1v) is 6.77. The first kappa shape index (κ1) is 13.6. The van der Waals surface area contributed by atoms with Crippen LogP contribution in [0.25, 0.3) is 0 Å². The number of rotatable bonds is 2. The molecular formula is C12H7Cl2IN2O. The summed E-state index contributed by atoms with van der Waals surface area (Å²) >= 11 is 13.7. The van der Waals surface area contributed by atoms with Crippen molar-refractivity contribution in [3.8, 4) is 0 Å². The molecule has 1 amide bonds. The molecule has 2 rings (SSSR count). The summed E-state index contributed by atoms with van der Waals surface area (Å²) in [5.74, 6) is -0.276. The standard InChI is InChI=1S/C12H7Cl2IN2O/c13-10-5-7(6-16-11(10)14)12(18)17-9-3-1-8(15)2-4-9/h1-6H,(H,17,18). The van der Waals surface area contributed by atoms with Crippen LogP contribution in [0, 0.1) is 3.57 Å². The van der Waals surface area contributed by atoms with Crippen molar-refractivity contribution in [2.24, 2.45) is 0 Å². The molecule has 0 aliphatic heterocycles. The van der Waals surface area contributed by atoms with Crippen molar-refractivity contribution in [1.82, 2.24) is 4.98 Å². The average Bonchev–Trinajstić information content (AvgIpc) is 2.35. The molecule has 1 N–H and O–H groups in total. The number of carbonyl (C=O) groups is 1. The molecule has 0 aliphatic carbocycles. The molecule has 0 saturated carbocycles. The Morgan fingerprint density at radius 3 is 2.50 bits per heavy atom. The fourth-order valence-electron chi connectivity index (χ4n) is 1.28. The van der Waals surface area contributed by atoms with Gasteiger partial charge in [0.2, 0.25) is 0 Å². The normalized spacial score (nSPS) is 10.2. The maximum absolute atomic E-state index is 11.9. The summed E-state index contributed by atoms with van der Waals surface area (Å²) in [5.41, 5.74) is 1.08. The Morgan fingerprint density at radius 1 is 1.22 bits per heavy atom. The van der Waals surface area contributed by atoms with E-state index in [1.165, 1.54) is 12.3 Å². The van der Waals surface area contributed by atoms with Gasteiger partial charge in [-0.2, -0.15) is 0 Å². The number of hydrogen-bond acceptors (Lipinski definition) is 2. The Hall–Kier alpha value is -0.850. The molecule has 0 aliphatic rings. The smallest absolute Gasteiger partial charge is 0.257 e. The molecule has 0 atom stereocenters. The van der Waals surface area contributed by atoms with Gasteiger partial charge in [-0.1, -0.05) is 23.2 Å². The SMILES string of the molecule is O=C(Nc1ccc(I)cc1)c1cnc(Cl)c(Cl)c1. The maximum atomic E-state index is 11.9. The lowest BCUT2D eigenvalue weighted by Gasteiger charge is -2.05. The van der Waals surface area contributed by atoms with Crippen molar-refractivity contribution in [3.63, 3.8) is 0 Å². The molecule has 1 aromatic carbocycles. The Morgan fingerprint density at radius 2 is 1.89 bits per heavy atom. The van der Waals surface area contributed by atoms with E-state index in [4.69, 9.17) is 23.2 Å². The van der Waals surface area contributed by atoms with Crippen LogP contribution < -0.4 is 5.32 Å². The lowest BCUT2D eigenvalue weighted by atomic mass is 10.2. The van der Waals surface area contributed by atoms with E-state index in [1.807, 2.05) is 24.3 Å². The van der Waals surface area contributed by atoms with Gasteiger partial charge in [0, 0.05) is 15.5 Å². The van der Waals surface area contributed by atoms with Crippen LogP contribution in [-0.4, -0.2) is 10.9 Å². The van der Waals surface area contributed by atoms with Gasteiger partial charge in [0.1, 0.15) is 5.15 Å². The van der Waals surface area contributed by atoms with Crippen LogP contribution in [0.4, 0.5) is 5.69 Å². The lowest BCUT2D eigenvalue weighted by Crippen LogP contribution is -2.12. The summed E-state index contributed by atoms with van der Waals surface area (Å²) in [6.07, 6.45) is 1.39. The molecule has 1 aromatic heterocycles. The molecule has 0 unspecified atom stereocenters. The zero-order chi connectivity index (χ0) is 13.1. The van der Waals surface area contributed by atoms with Crippen molar-refractivity contribution in [2.75, 3.05) is 5.32 Å². The van der Waals surface area contributed by atoms with Gasteiger partial charge in [-0.3, -0.25) is 4.79 Å². The zero-order valence-electron chi connectivity index (χ0n) is 8.95. The van der Waals surface area contributed by atoms with Crippen LogP contribution in [0.1, 0.15) is 10.4 Å². The second-order valence-electron chi connectivity index (χ2n) is 3.46. The lowest BCUT2D eigenvalue weighted by molar-refractivity contribution is 0.102. The van der Waals surface area contributed by atoms with Crippen molar-refractivity contribution in [3.05, 3.63) is 55.8 Å². The van der Waals surface area contributed by atoms with E-state index >= 15 is 0 Å². The molecule has 1 heterocycles. The zero-order valence-corrected chi connectivity index (χ0v) is 12.6. The number of anilines is 1. The molecule has 92 valence electrons. The first-order valence-electron chi connectivity index (χ1n) is 4.94. The number of nitrogens with zero attached hydrogens (tertiary/aromatic N) is 1. The van der Waals surface area contributed by atoms with Crippen LogP contribution in [0.3, 0.4) is 0 Å². The highest BCUT2D eigenvalue weighted by Crippen LogP contribution is 2.20. The average molecular weight is 393 g/mol. The summed E-state index contributed by atoms with van der Waals surface area (Å²) < 4.78 is 1.10. The van der Waals surface area contributed by atoms with Gasteiger partial charge in [-0.25, -0.2) is 4.98 Å². The highest BCUT2D eigenvalue weighted by Gasteiger charge is 2.09. The predicted molar refractivity (Wildman–Crippen MR) is 81.4 cm³/mol. The third kappa shape index (κ3) is 3.34. The Bertz CT molecular complexity index is 587. The summed E-state index contributed by atoms with van der Waals surface area (Å²) in [6, 6.07) is 8.95. The van der Waals surface area contributed by atoms with Gasteiger partial charge in [-0.15, -0.1) is 0 Å². The van der Waals surface area contributed by atoms with Crippen LogP contribution >= 0.6 is 45.8 Å². The number of carbonyl (C=O) groups excluding carboxylic acids is 1. The predicted octanol–water partition coefficient (Wildman–Crippen LogP) is 4.25. The topological polar surface area (TPSA) is 42.0 Å². The molecule has 2 aromatic rings. The minimum Gasteiger partial charge on any atom is -0.322 e. The molecule has 0 saturated heterocycles. The van der Waals surface area contributed by atoms with E-state index in [9.17, 15) is 4.79 Å². The maximum Gasteiger partial charge on any atom is 0.257 e. The minimum atomic E-state index is -0.276. The van der Waals surface area contributed by atoms with Gasteiger partial charge in [-0.05, 0) is 52.9 Å². The van der Waals surface area contributed by atoms with E-state index in [-0.39, 0.29) is 16.1 Å². The van der Waals surface area contributed by atoms with E-state index in [0.29, 0.717) is 11.3 Å². The van der Waals surface area contributed by atoms with E-state index < -0.39 is 0 Å². The number of hydrogen-bond donors (Lipinski definition) is 1. The number of aromatic nitrogens is 1. The summed E-state index contributed by atoms with van der Waals surface area (Å²) in [4.78, 5) is 15.7. The van der Waals surface area contributed by atoms with E-state index in [0.717, 1.165) is 3.57 Å².